The van der Waals surface area contributed by atoms with Crippen LogP contribution >= 0.6 is 0 Å². The predicted molar refractivity (Wildman–Crippen MR) is 83.5 cm³/mol. The number of allylic oxidation sites excluding steroid dienone is 1. The maximum Gasteiger partial charge on any atom is 0.428 e. The Hall–Kier alpha value is -2.09. The Bertz CT molecular complexity index is 640. The lowest BCUT2D eigenvalue weighted by atomic mass is 9.88. The first-order valence-corrected chi connectivity index (χ1v) is 7.60. The predicted octanol–water partition coefficient (Wildman–Crippen LogP) is 3.87. The van der Waals surface area contributed by atoms with Gasteiger partial charge >= 0.3 is 12.1 Å². The van der Waals surface area contributed by atoms with Crippen LogP contribution in [0.5, 0.6) is 5.75 Å². The highest BCUT2D eigenvalue weighted by atomic mass is 19.4. The van der Waals surface area contributed by atoms with E-state index in [4.69, 9.17) is 4.74 Å². The molecule has 8 heteroatoms. The molecule has 0 heterocycles. The number of alkyl halides is 3. The summed E-state index contributed by atoms with van der Waals surface area (Å²) in [7, 11) is 1.17. The van der Waals surface area contributed by atoms with Gasteiger partial charge in [-0.05, 0) is 25.0 Å². The van der Waals surface area contributed by atoms with Crippen molar-refractivity contribution in [1.29, 1.82) is 0 Å². The monoisotopic (exact) mass is 364 g/mol. The molecule has 1 aromatic carbocycles. The minimum atomic E-state index is -5.27. The summed E-state index contributed by atoms with van der Waals surface area (Å²) < 4.78 is 63.3. The molecule has 1 N–H and O–H groups in total. The molecule has 0 saturated carbocycles. The molecule has 1 unspecified atom stereocenters. The van der Waals surface area contributed by atoms with Crippen LogP contribution < -0.4 is 4.74 Å². The fraction of sp³-hybridized carbons (Fsp3) is 0.471. The minimum absolute atomic E-state index is 0.0244. The molecule has 1 rings (SSSR count). The molecule has 0 aliphatic heterocycles. The van der Waals surface area contributed by atoms with Crippen LogP contribution in [0.1, 0.15) is 32.3 Å². The third kappa shape index (κ3) is 4.50. The van der Waals surface area contributed by atoms with Gasteiger partial charge in [0.1, 0.15) is 0 Å². The van der Waals surface area contributed by atoms with Crippen molar-refractivity contribution in [3.63, 3.8) is 0 Å². The van der Waals surface area contributed by atoms with E-state index in [9.17, 15) is 27.5 Å². The molecule has 1 atom stereocenters. The van der Waals surface area contributed by atoms with E-state index >= 15 is 0 Å². The smallest absolute Gasteiger partial charge is 0.428 e. The molecule has 1 aromatic rings. The van der Waals surface area contributed by atoms with Crippen LogP contribution in [0.3, 0.4) is 0 Å². The summed E-state index contributed by atoms with van der Waals surface area (Å²) in [6.07, 6.45) is -4.73. The van der Waals surface area contributed by atoms with Gasteiger partial charge in [-0.3, -0.25) is 0 Å². The van der Waals surface area contributed by atoms with Gasteiger partial charge in [-0.2, -0.15) is 13.2 Å². The number of rotatable bonds is 7. The van der Waals surface area contributed by atoms with Crippen LogP contribution in [-0.4, -0.2) is 36.6 Å². The van der Waals surface area contributed by atoms with Crippen LogP contribution in [0, 0.1) is 5.82 Å². The maximum absolute atomic E-state index is 13.9. The van der Waals surface area contributed by atoms with E-state index in [2.05, 4.69) is 4.74 Å². The lowest BCUT2D eigenvalue weighted by Gasteiger charge is -2.29. The van der Waals surface area contributed by atoms with Crippen LogP contribution in [0.2, 0.25) is 0 Å². The summed E-state index contributed by atoms with van der Waals surface area (Å²) in [6.45, 7) is 2.66. The lowest BCUT2D eigenvalue weighted by molar-refractivity contribution is -0.260. The largest absolute Gasteiger partial charge is 0.493 e. The third-order valence-electron chi connectivity index (χ3n) is 3.50. The summed E-state index contributed by atoms with van der Waals surface area (Å²) in [5.74, 6) is -2.84. The van der Waals surface area contributed by atoms with E-state index in [0.29, 0.717) is 6.42 Å². The molecule has 0 bridgehead atoms. The van der Waals surface area contributed by atoms with E-state index in [1.165, 1.54) is 32.2 Å². The second kappa shape index (κ2) is 8.33. The highest BCUT2D eigenvalue weighted by Crippen LogP contribution is 2.41. The fourth-order valence-corrected chi connectivity index (χ4v) is 2.31. The molecule has 4 nitrogen and oxygen atoms in total. The molecule has 0 aliphatic rings. The molecular weight excluding hydrogens is 344 g/mol. The lowest BCUT2D eigenvalue weighted by Crippen LogP contribution is -2.53. The molecule has 0 aliphatic carbocycles. The highest BCUT2D eigenvalue weighted by molar-refractivity contribution is 5.84. The number of halogens is 4. The number of carbonyl (C=O) groups is 1. The zero-order valence-electron chi connectivity index (χ0n) is 14.1. The number of hydrogen-bond donors (Lipinski definition) is 1. The van der Waals surface area contributed by atoms with Gasteiger partial charge in [-0.15, -0.1) is 0 Å². The zero-order valence-corrected chi connectivity index (χ0v) is 14.1. The Morgan fingerprint density at radius 1 is 1.28 bits per heavy atom. The zero-order chi connectivity index (χ0) is 19.3. The Morgan fingerprint density at radius 2 is 1.92 bits per heavy atom. The van der Waals surface area contributed by atoms with Gasteiger partial charge in [0.25, 0.3) is 5.60 Å². The van der Waals surface area contributed by atoms with Crippen molar-refractivity contribution in [3.05, 3.63) is 35.7 Å². The fourth-order valence-electron chi connectivity index (χ4n) is 2.31. The number of benzene rings is 1. The molecule has 0 radical (unpaired) electrons. The second-order valence-electron chi connectivity index (χ2n) is 5.21. The SMILES string of the molecule is CC/C=C(/CC(O)(C(=O)OCC)C(F)(F)F)c1cccc(F)c1OC. The molecule has 0 fully saturated rings. The maximum atomic E-state index is 13.9. The number of methoxy groups -OCH3 is 1. The number of ether oxygens (including phenoxy) is 2. The van der Waals surface area contributed by atoms with Gasteiger partial charge in [0, 0.05) is 12.0 Å². The summed E-state index contributed by atoms with van der Waals surface area (Å²) in [6, 6.07) is 3.74. The van der Waals surface area contributed by atoms with Crippen LogP contribution in [0.4, 0.5) is 17.6 Å². The van der Waals surface area contributed by atoms with E-state index in [0.717, 1.165) is 6.07 Å². The van der Waals surface area contributed by atoms with Crippen molar-refractivity contribution in [1.82, 2.24) is 0 Å². The molecule has 0 spiro atoms. The van der Waals surface area contributed by atoms with Crippen LogP contribution in [-0.2, 0) is 9.53 Å². The van der Waals surface area contributed by atoms with Gasteiger partial charge in [-0.25, -0.2) is 9.18 Å². The summed E-state index contributed by atoms with van der Waals surface area (Å²) in [5.41, 5.74) is -3.80. The molecule has 0 aromatic heterocycles. The number of aliphatic hydroxyl groups is 1. The molecule has 0 saturated heterocycles. The topological polar surface area (TPSA) is 55.8 Å². The van der Waals surface area contributed by atoms with Gasteiger partial charge < -0.3 is 14.6 Å². The van der Waals surface area contributed by atoms with Crippen molar-refractivity contribution in [2.24, 2.45) is 0 Å². The quantitative estimate of drug-likeness (QED) is 0.589. The second-order valence-corrected chi connectivity index (χ2v) is 5.21. The van der Waals surface area contributed by atoms with Crippen LogP contribution in [0.25, 0.3) is 5.57 Å². The highest BCUT2D eigenvalue weighted by Gasteiger charge is 2.61. The number of esters is 1. The van der Waals surface area contributed by atoms with E-state index in [-0.39, 0.29) is 23.5 Å². The number of carbonyl (C=O) groups excluding carboxylic acids is 1. The Kier molecular flexibility index (Phi) is 6.98. The van der Waals surface area contributed by atoms with E-state index < -0.39 is 30.0 Å². The van der Waals surface area contributed by atoms with E-state index in [1.807, 2.05) is 0 Å². The first-order valence-electron chi connectivity index (χ1n) is 7.60. The Morgan fingerprint density at radius 3 is 2.40 bits per heavy atom. The summed E-state index contributed by atoms with van der Waals surface area (Å²) >= 11 is 0. The normalized spacial score (nSPS) is 14.8. The third-order valence-corrected chi connectivity index (χ3v) is 3.50. The van der Waals surface area contributed by atoms with Gasteiger partial charge in [-0.1, -0.05) is 25.1 Å². The van der Waals surface area contributed by atoms with E-state index in [1.54, 1.807) is 6.92 Å². The first kappa shape index (κ1) is 21.0. The van der Waals surface area contributed by atoms with Crippen molar-refractivity contribution in [2.75, 3.05) is 13.7 Å². The number of para-hydroxylation sites is 1. The minimum Gasteiger partial charge on any atom is -0.493 e. The average Bonchev–Trinajstić information content (AvgIpc) is 2.53. The Balaban J connectivity index is 3.43. The van der Waals surface area contributed by atoms with Crippen molar-refractivity contribution < 1.29 is 36.9 Å². The van der Waals surface area contributed by atoms with Crippen molar-refractivity contribution in [2.45, 2.75) is 38.5 Å². The first-order chi connectivity index (χ1) is 11.6. The standard InChI is InChI=1S/C17H20F4O4/c1-4-7-11(12-8-6-9-13(18)14(12)24-3)10-16(23,17(19,20)21)15(22)25-5-2/h6-9,23H,4-5,10H2,1-3H3/b11-7-. The van der Waals surface area contributed by atoms with Crippen molar-refractivity contribution in [3.8, 4) is 5.75 Å². The van der Waals surface area contributed by atoms with Gasteiger partial charge in [0.2, 0.25) is 0 Å². The van der Waals surface area contributed by atoms with Gasteiger partial charge in [0.05, 0.1) is 13.7 Å². The summed E-state index contributed by atoms with van der Waals surface area (Å²) in [4.78, 5) is 11.8. The average molecular weight is 364 g/mol. The molecule has 0 amide bonds. The molecule has 140 valence electrons. The summed E-state index contributed by atoms with van der Waals surface area (Å²) in [5, 5.41) is 10.1. The number of hydrogen-bond acceptors (Lipinski definition) is 4. The van der Waals surface area contributed by atoms with Crippen LogP contribution in [0.15, 0.2) is 24.3 Å². The van der Waals surface area contributed by atoms with Gasteiger partial charge in [0.15, 0.2) is 11.6 Å². The molecular formula is C17H20F4O4. The molecule has 25 heavy (non-hydrogen) atoms. The Labute approximate surface area is 143 Å². The van der Waals surface area contributed by atoms with Crippen molar-refractivity contribution >= 4 is 11.5 Å².